The number of phenolic OH excluding ortho intramolecular Hbond substituents is 1. The number of rotatable bonds is 3. The molecule has 104 valence electrons. The maximum atomic E-state index is 13.2. The second-order valence-corrected chi connectivity index (χ2v) is 5.66. The van der Waals surface area contributed by atoms with Crippen LogP contribution in [-0.2, 0) is 0 Å². The number of carbonyl (C=O) groups excluding carboxylic acids is 1. The molecule has 0 aromatic heterocycles. The number of halogens is 2. The molecule has 0 aliphatic carbocycles. The van der Waals surface area contributed by atoms with Crippen LogP contribution in [0.2, 0.25) is 0 Å². The van der Waals surface area contributed by atoms with E-state index in [1.807, 2.05) is 0 Å². The molecule has 2 aromatic rings. The Bertz CT molecular complexity index is 646. The summed E-state index contributed by atoms with van der Waals surface area (Å²) in [4.78, 5) is 12.1. The fraction of sp³-hybridized carbons (Fsp3) is 0.133. The molecule has 0 heterocycles. The van der Waals surface area contributed by atoms with Crippen molar-refractivity contribution >= 4 is 28.5 Å². The van der Waals surface area contributed by atoms with Gasteiger partial charge in [0, 0.05) is 3.57 Å². The summed E-state index contributed by atoms with van der Waals surface area (Å²) >= 11 is 2.06. The highest BCUT2D eigenvalue weighted by atomic mass is 127. The number of nitrogens with one attached hydrogen (secondary N) is 1. The number of benzene rings is 2. The third kappa shape index (κ3) is 3.47. The van der Waals surface area contributed by atoms with Crippen LogP contribution in [0.4, 0.5) is 4.39 Å². The molecule has 0 bridgehead atoms. The van der Waals surface area contributed by atoms with Crippen LogP contribution in [0.1, 0.15) is 28.9 Å². The molecule has 3 nitrogen and oxygen atoms in total. The standard InChI is InChI=1S/C15H13FINO2/c1-9(10-3-2-4-11(16)7-10)18-15(20)13-8-12(17)5-6-14(13)19/h2-9,19H,1H3,(H,18,20). The second kappa shape index (κ2) is 6.21. The molecule has 1 atom stereocenters. The van der Waals surface area contributed by atoms with Crippen molar-refractivity contribution in [1.29, 1.82) is 0 Å². The summed E-state index contributed by atoms with van der Waals surface area (Å²) in [5, 5.41) is 12.4. The van der Waals surface area contributed by atoms with E-state index >= 15 is 0 Å². The first kappa shape index (κ1) is 14.8. The molecule has 1 unspecified atom stereocenters. The van der Waals surface area contributed by atoms with Crippen molar-refractivity contribution in [2.75, 3.05) is 0 Å². The quantitative estimate of drug-likeness (QED) is 0.793. The molecule has 0 spiro atoms. The molecular weight excluding hydrogens is 372 g/mol. The summed E-state index contributed by atoms with van der Waals surface area (Å²) in [5.41, 5.74) is 0.878. The SMILES string of the molecule is CC(NC(=O)c1cc(I)ccc1O)c1cccc(F)c1. The third-order valence-electron chi connectivity index (χ3n) is 2.90. The fourth-order valence-corrected chi connectivity index (χ4v) is 2.31. The molecular formula is C15H13FINO2. The normalized spacial score (nSPS) is 11.9. The van der Waals surface area contributed by atoms with Gasteiger partial charge in [0.25, 0.3) is 5.91 Å². The van der Waals surface area contributed by atoms with Gasteiger partial charge in [-0.1, -0.05) is 12.1 Å². The Labute approximate surface area is 130 Å². The summed E-state index contributed by atoms with van der Waals surface area (Å²) in [6.45, 7) is 1.76. The molecule has 2 aromatic carbocycles. The van der Waals surface area contributed by atoms with E-state index in [0.29, 0.717) is 5.56 Å². The van der Waals surface area contributed by atoms with Gasteiger partial charge in [0.15, 0.2) is 0 Å². The lowest BCUT2D eigenvalue weighted by Crippen LogP contribution is -2.26. The minimum Gasteiger partial charge on any atom is -0.507 e. The number of amides is 1. The smallest absolute Gasteiger partial charge is 0.255 e. The summed E-state index contributed by atoms with van der Waals surface area (Å²) in [7, 11) is 0. The van der Waals surface area contributed by atoms with Crippen molar-refractivity contribution in [3.63, 3.8) is 0 Å². The Balaban J connectivity index is 2.17. The van der Waals surface area contributed by atoms with Crippen molar-refractivity contribution in [3.05, 3.63) is 63.0 Å². The number of carbonyl (C=O) groups is 1. The molecule has 0 radical (unpaired) electrons. The minimum absolute atomic E-state index is 0.0747. The van der Waals surface area contributed by atoms with E-state index in [2.05, 4.69) is 27.9 Å². The Kier molecular flexibility index (Phi) is 4.59. The van der Waals surface area contributed by atoms with E-state index in [1.54, 1.807) is 31.2 Å². The lowest BCUT2D eigenvalue weighted by molar-refractivity contribution is 0.0937. The van der Waals surface area contributed by atoms with E-state index in [1.165, 1.54) is 18.2 Å². The zero-order chi connectivity index (χ0) is 14.7. The van der Waals surface area contributed by atoms with Gasteiger partial charge in [-0.2, -0.15) is 0 Å². The molecule has 0 aliphatic heterocycles. The fourth-order valence-electron chi connectivity index (χ4n) is 1.82. The van der Waals surface area contributed by atoms with Gasteiger partial charge in [0.05, 0.1) is 11.6 Å². The van der Waals surface area contributed by atoms with Crippen LogP contribution < -0.4 is 5.32 Å². The number of phenols is 1. The highest BCUT2D eigenvalue weighted by Gasteiger charge is 2.15. The van der Waals surface area contributed by atoms with E-state index in [0.717, 1.165) is 3.57 Å². The first-order valence-corrected chi connectivity index (χ1v) is 7.10. The summed E-state index contributed by atoms with van der Waals surface area (Å²) < 4.78 is 14.0. The average molecular weight is 385 g/mol. The van der Waals surface area contributed by atoms with E-state index in [9.17, 15) is 14.3 Å². The van der Waals surface area contributed by atoms with Gasteiger partial charge in [-0.05, 0) is 65.4 Å². The van der Waals surface area contributed by atoms with Crippen LogP contribution in [-0.4, -0.2) is 11.0 Å². The Morgan fingerprint density at radius 3 is 2.75 bits per heavy atom. The predicted molar refractivity (Wildman–Crippen MR) is 83.1 cm³/mol. The van der Waals surface area contributed by atoms with Crippen LogP contribution in [0, 0.1) is 9.39 Å². The van der Waals surface area contributed by atoms with Gasteiger partial charge in [0.1, 0.15) is 11.6 Å². The van der Waals surface area contributed by atoms with Crippen molar-refractivity contribution in [2.24, 2.45) is 0 Å². The highest BCUT2D eigenvalue weighted by Crippen LogP contribution is 2.21. The summed E-state index contributed by atoms with van der Waals surface area (Å²) in [6, 6.07) is 10.5. The van der Waals surface area contributed by atoms with Crippen molar-refractivity contribution in [3.8, 4) is 5.75 Å². The number of hydrogen-bond acceptors (Lipinski definition) is 2. The molecule has 2 N–H and O–H groups in total. The van der Waals surface area contributed by atoms with Crippen molar-refractivity contribution < 1.29 is 14.3 Å². The highest BCUT2D eigenvalue weighted by molar-refractivity contribution is 14.1. The van der Waals surface area contributed by atoms with E-state index < -0.39 is 5.91 Å². The van der Waals surface area contributed by atoms with Crippen LogP contribution in [0.5, 0.6) is 5.75 Å². The monoisotopic (exact) mass is 385 g/mol. The Morgan fingerprint density at radius 2 is 2.05 bits per heavy atom. The molecule has 1 amide bonds. The van der Waals surface area contributed by atoms with E-state index in [4.69, 9.17) is 0 Å². The molecule has 5 heteroatoms. The minimum atomic E-state index is -0.391. The Hall–Kier alpha value is -1.63. The average Bonchev–Trinajstić information content (AvgIpc) is 2.41. The van der Waals surface area contributed by atoms with Crippen LogP contribution >= 0.6 is 22.6 Å². The third-order valence-corrected chi connectivity index (χ3v) is 3.57. The molecule has 0 aliphatic rings. The maximum Gasteiger partial charge on any atom is 0.255 e. The second-order valence-electron chi connectivity index (χ2n) is 4.41. The molecule has 20 heavy (non-hydrogen) atoms. The van der Waals surface area contributed by atoms with Crippen molar-refractivity contribution in [2.45, 2.75) is 13.0 Å². The lowest BCUT2D eigenvalue weighted by Gasteiger charge is -2.15. The van der Waals surface area contributed by atoms with Gasteiger partial charge in [-0.25, -0.2) is 4.39 Å². The Morgan fingerprint density at radius 1 is 1.30 bits per heavy atom. The molecule has 2 rings (SSSR count). The van der Waals surface area contributed by atoms with Crippen LogP contribution in [0.15, 0.2) is 42.5 Å². The largest absolute Gasteiger partial charge is 0.507 e. The topological polar surface area (TPSA) is 49.3 Å². The van der Waals surface area contributed by atoms with Crippen molar-refractivity contribution in [1.82, 2.24) is 5.32 Å². The number of hydrogen-bond donors (Lipinski definition) is 2. The maximum absolute atomic E-state index is 13.2. The van der Waals surface area contributed by atoms with Gasteiger partial charge >= 0.3 is 0 Å². The van der Waals surface area contributed by atoms with Gasteiger partial charge in [0.2, 0.25) is 0 Å². The van der Waals surface area contributed by atoms with Crippen LogP contribution in [0.25, 0.3) is 0 Å². The molecule has 0 fully saturated rings. The molecule has 0 saturated heterocycles. The first-order chi connectivity index (χ1) is 9.47. The van der Waals surface area contributed by atoms with Crippen LogP contribution in [0.3, 0.4) is 0 Å². The molecule has 0 saturated carbocycles. The summed E-state index contributed by atoms with van der Waals surface area (Å²) in [6.07, 6.45) is 0. The van der Waals surface area contributed by atoms with E-state index in [-0.39, 0.29) is 23.2 Å². The van der Waals surface area contributed by atoms with Gasteiger partial charge < -0.3 is 10.4 Å². The lowest BCUT2D eigenvalue weighted by atomic mass is 10.1. The number of aromatic hydroxyl groups is 1. The summed E-state index contributed by atoms with van der Waals surface area (Å²) in [5.74, 6) is -0.812. The first-order valence-electron chi connectivity index (χ1n) is 6.02. The zero-order valence-corrected chi connectivity index (χ0v) is 12.9. The zero-order valence-electron chi connectivity index (χ0n) is 10.7. The predicted octanol–water partition coefficient (Wildman–Crippen LogP) is 3.63. The van der Waals surface area contributed by atoms with Gasteiger partial charge in [-0.15, -0.1) is 0 Å². The van der Waals surface area contributed by atoms with Gasteiger partial charge in [-0.3, -0.25) is 4.79 Å².